The first-order valence-corrected chi connectivity index (χ1v) is 11.8. The van der Waals surface area contributed by atoms with Gasteiger partial charge >= 0.3 is 5.97 Å². The molecule has 186 valence electrons. The SMILES string of the molecule is C=CCN(CC=C)c1ccc(-c2nc(-c3ccccc3/C=C/C(=O)OC)[nH]c2-c2ccc(F)cc2)cc1. The van der Waals surface area contributed by atoms with Gasteiger partial charge in [0.1, 0.15) is 11.6 Å². The third-order valence-electron chi connectivity index (χ3n) is 5.86. The van der Waals surface area contributed by atoms with Crippen LogP contribution in [0.1, 0.15) is 5.56 Å². The van der Waals surface area contributed by atoms with Crippen LogP contribution in [0.4, 0.5) is 10.1 Å². The molecule has 4 aromatic rings. The second-order valence-corrected chi connectivity index (χ2v) is 8.29. The fourth-order valence-electron chi connectivity index (χ4n) is 4.05. The van der Waals surface area contributed by atoms with Gasteiger partial charge < -0.3 is 14.6 Å². The summed E-state index contributed by atoms with van der Waals surface area (Å²) in [6.45, 7) is 9.09. The summed E-state index contributed by atoms with van der Waals surface area (Å²) in [5.41, 5.74) is 5.88. The van der Waals surface area contributed by atoms with Crippen LogP contribution in [-0.2, 0) is 9.53 Å². The number of nitrogens with one attached hydrogen (secondary N) is 1. The van der Waals surface area contributed by atoms with Crippen LogP contribution in [0, 0.1) is 5.82 Å². The highest BCUT2D eigenvalue weighted by Gasteiger charge is 2.17. The minimum absolute atomic E-state index is 0.308. The van der Waals surface area contributed by atoms with Crippen molar-refractivity contribution in [2.45, 2.75) is 0 Å². The van der Waals surface area contributed by atoms with Gasteiger partial charge in [0.25, 0.3) is 0 Å². The van der Waals surface area contributed by atoms with Crippen molar-refractivity contribution in [3.8, 4) is 33.9 Å². The molecule has 3 aromatic carbocycles. The lowest BCUT2D eigenvalue weighted by Crippen LogP contribution is -2.22. The van der Waals surface area contributed by atoms with Crippen molar-refractivity contribution in [1.82, 2.24) is 9.97 Å². The molecule has 0 unspecified atom stereocenters. The lowest BCUT2D eigenvalue weighted by molar-refractivity contribution is -0.134. The van der Waals surface area contributed by atoms with Crippen molar-refractivity contribution in [2.75, 3.05) is 25.1 Å². The number of hydrogen-bond donors (Lipinski definition) is 1. The van der Waals surface area contributed by atoms with E-state index in [1.54, 1.807) is 18.2 Å². The summed E-state index contributed by atoms with van der Waals surface area (Å²) in [4.78, 5) is 22.2. The summed E-state index contributed by atoms with van der Waals surface area (Å²) in [6, 6.07) is 22.1. The normalized spacial score (nSPS) is 10.9. The second kappa shape index (κ2) is 11.8. The molecule has 1 heterocycles. The number of anilines is 1. The summed E-state index contributed by atoms with van der Waals surface area (Å²) in [6.07, 6.45) is 6.79. The van der Waals surface area contributed by atoms with Gasteiger partial charge in [-0.25, -0.2) is 14.2 Å². The Bertz CT molecular complexity index is 1410. The Labute approximate surface area is 216 Å². The molecule has 0 amide bonds. The molecule has 0 radical (unpaired) electrons. The Morgan fingerprint density at radius 1 is 0.973 bits per heavy atom. The summed E-state index contributed by atoms with van der Waals surface area (Å²) < 4.78 is 18.4. The molecule has 37 heavy (non-hydrogen) atoms. The standard InChI is InChI=1S/C31H28FN3O2/c1-4-20-35(21-5-2)26-17-12-24(13-18-26)30-29(23-10-15-25(32)16-11-23)33-31(34-30)27-9-7-6-8-22(27)14-19-28(36)37-3/h4-19H,1-2,20-21H2,3H3,(H,33,34)/b19-14+. The molecule has 6 heteroatoms. The van der Waals surface area contributed by atoms with Crippen molar-refractivity contribution in [3.05, 3.63) is 116 Å². The molecule has 1 N–H and O–H groups in total. The van der Waals surface area contributed by atoms with Gasteiger partial charge in [-0.2, -0.15) is 0 Å². The predicted octanol–water partition coefficient (Wildman–Crippen LogP) is 6.91. The van der Waals surface area contributed by atoms with Gasteiger partial charge in [0, 0.05) is 41.5 Å². The Morgan fingerprint density at radius 2 is 1.62 bits per heavy atom. The molecule has 0 fully saturated rings. The van der Waals surface area contributed by atoms with E-state index in [4.69, 9.17) is 9.72 Å². The number of esters is 1. The third kappa shape index (κ3) is 5.93. The van der Waals surface area contributed by atoms with E-state index in [-0.39, 0.29) is 5.82 Å². The molecular formula is C31H28FN3O2. The highest BCUT2D eigenvalue weighted by atomic mass is 19.1. The van der Waals surface area contributed by atoms with Crippen LogP contribution >= 0.6 is 0 Å². The van der Waals surface area contributed by atoms with Crippen LogP contribution in [0.15, 0.2) is 104 Å². The van der Waals surface area contributed by atoms with E-state index < -0.39 is 5.97 Å². The van der Waals surface area contributed by atoms with E-state index in [9.17, 15) is 9.18 Å². The zero-order chi connectivity index (χ0) is 26.2. The van der Waals surface area contributed by atoms with Crippen LogP contribution in [0.3, 0.4) is 0 Å². The zero-order valence-corrected chi connectivity index (χ0v) is 20.7. The molecule has 5 nitrogen and oxygen atoms in total. The average molecular weight is 494 g/mol. The molecular weight excluding hydrogens is 465 g/mol. The first-order chi connectivity index (χ1) is 18.0. The molecule has 0 spiro atoms. The number of benzene rings is 3. The number of aromatic nitrogens is 2. The lowest BCUT2D eigenvalue weighted by Gasteiger charge is -2.21. The number of aromatic amines is 1. The van der Waals surface area contributed by atoms with Crippen LogP contribution in [0.5, 0.6) is 0 Å². The summed E-state index contributed by atoms with van der Waals surface area (Å²) >= 11 is 0. The Balaban J connectivity index is 1.81. The average Bonchev–Trinajstić information content (AvgIpc) is 3.37. The lowest BCUT2D eigenvalue weighted by atomic mass is 10.0. The minimum Gasteiger partial charge on any atom is -0.466 e. The highest BCUT2D eigenvalue weighted by Crippen LogP contribution is 2.35. The third-order valence-corrected chi connectivity index (χ3v) is 5.86. The number of carbonyl (C=O) groups is 1. The van der Waals surface area contributed by atoms with E-state index in [0.29, 0.717) is 18.9 Å². The smallest absolute Gasteiger partial charge is 0.330 e. The van der Waals surface area contributed by atoms with E-state index in [1.807, 2.05) is 60.7 Å². The molecule has 0 saturated carbocycles. The van der Waals surface area contributed by atoms with Gasteiger partial charge in [-0.3, -0.25) is 0 Å². The maximum absolute atomic E-state index is 13.7. The van der Waals surface area contributed by atoms with E-state index >= 15 is 0 Å². The number of hydrogen-bond acceptors (Lipinski definition) is 4. The van der Waals surface area contributed by atoms with Gasteiger partial charge in [0.05, 0.1) is 18.5 Å². The summed E-state index contributed by atoms with van der Waals surface area (Å²) in [5, 5.41) is 0. The number of carbonyl (C=O) groups excluding carboxylic acids is 1. The number of rotatable bonds is 10. The predicted molar refractivity (Wildman–Crippen MR) is 149 cm³/mol. The van der Waals surface area contributed by atoms with Crippen molar-refractivity contribution < 1.29 is 13.9 Å². The van der Waals surface area contributed by atoms with Crippen molar-refractivity contribution >= 4 is 17.7 Å². The molecule has 0 atom stereocenters. The number of H-pyrrole nitrogens is 1. The van der Waals surface area contributed by atoms with E-state index in [1.165, 1.54) is 25.3 Å². The molecule has 0 saturated heterocycles. The van der Waals surface area contributed by atoms with Gasteiger partial charge in [-0.15, -0.1) is 13.2 Å². The molecule has 0 aliphatic heterocycles. The van der Waals surface area contributed by atoms with E-state index in [0.717, 1.165) is 39.3 Å². The van der Waals surface area contributed by atoms with E-state index in [2.05, 4.69) is 23.0 Å². The van der Waals surface area contributed by atoms with Crippen molar-refractivity contribution in [2.24, 2.45) is 0 Å². The first kappa shape index (κ1) is 25.4. The molecule has 0 aliphatic carbocycles. The first-order valence-electron chi connectivity index (χ1n) is 11.8. The summed E-state index contributed by atoms with van der Waals surface area (Å²) in [7, 11) is 1.34. The second-order valence-electron chi connectivity index (χ2n) is 8.29. The Kier molecular flexibility index (Phi) is 8.11. The summed E-state index contributed by atoms with van der Waals surface area (Å²) in [5.74, 6) is -0.121. The van der Waals surface area contributed by atoms with Crippen LogP contribution in [-0.4, -0.2) is 36.1 Å². The van der Waals surface area contributed by atoms with Gasteiger partial charge in [-0.05, 0) is 48.0 Å². The van der Waals surface area contributed by atoms with Crippen LogP contribution < -0.4 is 4.90 Å². The molecule has 4 rings (SSSR count). The van der Waals surface area contributed by atoms with Crippen LogP contribution in [0.2, 0.25) is 0 Å². The topological polar surface area (TPSA) is 58.2 Å². The molecule has 1 aromatic heterocycles. The van der Waals surface area contributed by atoms with Crippen molar-refractivity contribution in [1.29, 1.82) is 0 Å². The fraction of sp³-hybridized carbons (Fsp3) is 0.0968. The molecule has 0 aliphatic rings. The monoisotopic (exact) mass is 493 g/mol. The quantitative estimate of drug-likeness (QED) is 0.148. The van der Waals surface area contributed by atoms with Gasteiger partial charge in [-0.1, -0.05) is 48.6 Å². The zero-order valence-electron chi connectivity index (χ0n) is 20.7. The van der Waals surface area contributed by atoms with Gasteiger partial charge in [0.2, 0.25) is 0 Å². The number of methoxy groups -OCH3 is 1. The maximum Gasteiger partial charge on any atom is 0.330 e. The number of nitrogens with zero attached hydrogens (tertiary/aromatic N) is 2. The number of ether oxygens (including phenoxy) is 1. The Hall–Kier alpha value is -4.71. The molecule has 0 bridgehead atoms. The minimum atomic E-state index is -0.441. The number of imidazole rings is 1. The number of halogens is 1. The van der Waals surface area contributed by atoms with Crippen LogP contribution in [0.25, 0.3) is 40.0 Å². The maximum atomic E-state index is 13.7. The fourth-order valence-corrected chi connectivity index (χ4v) is 4.05. The highest BCUT2D eigenvalue weighted by molar-refractivity contribution is 5.89. The largest absolute Gasteiger partial charge is 0.466 e. The van der Waals surface area contributed by atoms with Crippen molar-refractivity contribution in [3.63, 3.8) is 0 Å². The van der Waals surface area contributed by atoms with Gasteiger partial charge in [0.15, 0.2) is 0 Å². The Morgan fingerprint density at radius 3 is 2.27 bits per heavy atom.